The third kappa shape index (κ3) is 3.56. The molecule has 0 aliphatic heterocycles. The predicted octanol–water partition coefficient (Wildman–Crippen LogP) is 5.74. The average Bonchev–Trinajstić information content (AvgIpc) is 3.32. The normalized spacial score (nSPS) is 10.9. The van der Waals surface area contributed by atoms with Crippen molar-refractivity contribution < 1.29 is 18.7 Å². The van der Waals surface area contributed by atoms with E-state index in [1.54, 1.807) is 33.3 Å². The molecule has 29 heavy (non-hydrogen) atoms. The number of hydrogen-bond acceptors (Lipinski definition) is 6. The molecule has 1 N–H and O–H groups in total. The van der Waals surface area contributed by atoms with Gasteiger partial charge in [0.2, 0.25) is 0 Å². The van der Waals surface area contributed by atoms with Crippen LogP contribution in [0, 0.1) is 12.7 Å². The van der Waals surface area contributed by atoms with Crippen molar-refractivity contribution in [1.29, 1.82) is 0 Å². The van der Waals surface area contributed by atoms with Crippen molar-refractivity contribution in [3.8, 4) is 22.8 Å². The maximum Gasteiger partial charge on any atom is 0.267 e. The molecule has 2 heterocycles. The molecule has 0 radical (unpaired) electrons. The van der Waals surface area contributed by atoms with E-state index < -0.39 is 0 Å². The monoisotopic (exact) mass is 428 g/mol. The second-order valence-electron chi connectivity index (χ2n) is 6.23. The second-order valence-corrected chi connectivity index (χ2v) is 8.14. The Hall–Kier alpha value is -2.97. The summed E-state index contributed by atoms with van der Waals surface area (Å²) in [5, 5.41) is 5.61. The number of hydrogen-bond donors (Lipinski definition) is 1. The fourth-order valence-corrected chi connectivity index (χ4v) is 4.91. The first-order valence-electron chi connectivity index (χ1n) is 8.68. The standard InChI is InChI=1S/C21H17FN2O3S2/c1-11-18-14(22)5-4-6-17(18)29-19(11)20(25)24-21-23-15(10-28-21)13-8-7-12(26-2)9-16(13)27-3/h4-10H,1-3H3,(H,23,24,25). The number of fused-ring (bicyclic) bond motifs is 1. The number of aryl methyl sites for hydroxylation is 1. The van der Waals surface area contributed by atoms with Crippen molar-refractivity contribution in [2.24, 2.45) is 0 Å². The number of halogens is 1. The number of thiazole rings is 1. The summed E-state index contributed by atoms with van der Waals surface area (Å²) in [5.41, 5.74) is 2.11. The molecule has 4 rings (SSSR count). The van der Waals surface area contributed by atoms with Gasteiger partial charge in [-0.15, -0.1) is 22.7 Å². The van der Waals surface area contributed by atoms with Gasteiger partial charge in [-0.2, -0.15) is 0 Å². The number of methoxy groups -OCH3 is 2. The Balaban J connectivity index is 1.61. The highest BCUT2D eigenvalue weighted by atomic mass is 32.1. The van der Waals surface area contributed by atoms with Crippen LogP contribution >= 0.6 is 22.7 Å². The number of aromatic nitrogens is 1. The van der Waals surface area contributed by atoms with Crippen LogP contribution in [0.1, 0.15) is 15.2 Å². The smallest absolute Gasteiger partial charge is 0.267 e. The van der Waals surface area contributed by atoms with Gasteiger partial charge >= 0.3 is 0 Å². The molecule has 0 aliphatic rings. The van der Waals surface area contributed by atoms with Gasteiger partial charge in [0.1, 0.15) is 17.3 Å². The molecule has 148 valence electrons. The van der Waals surface area contributed by atoms with Gasteiger partial charge in [0, 0.05) is 27.1 Å². The molecule has 0 saturated carbocycles. The number of thiophene rings is 1. The lowest BCUT2D eigenvalue weighted by atomic mass is 10.1. The number of nitrogens with zero attached hydrogens (tertiary/aromatic N) is 1. The summed E-state index contributed by atoms with van der Waals surface area (Å²) in [7, 11) is 3.17. The van der Waals surface area contributed by atoms with Crippen LogP contribution in [0.3, 0.4) is 0 Å². The van der Waals surface area contributed by atoms with E-state index in [0.29, 0.717) is 38.2 Å². The Labute approximate surface area is 174 Å². The highest BCUT2D eigenvalue weighted by Crippen LogP contribution is 2.36. The molecule has 1 amide bonds. The van der Waals surface area contributed by atoms with Crippen LogP contribution in [0.2, 0.25) is 0 Å². The van der Waals surface area contributed by atoms with Crippen LogP contribution in [0.5, 0.6) is 11.5 Å². The van der Waals surface area contributed by atoms with Gasteiger partial charge in [-0.1, -0.05) is 6.07 Å². The summed E-state index contributed by atoms with van der Waals surface area (Å²) >= 11 is 2.58. The molecule has 5 nitrogen and oxygen atoms in total. The first-order chi connectivity index (χ1) is 14.0. The van der Waals surface area contributed by atoms with E-state index in [1.807, 2.05) is 23.6 Å². The van der Waals surface area contributed by atoms with Gasteiger partial charge in [-0.3, -0.25) is 10.1 Å². The van der Waals surface area contributed by atoms with Crippen LogP contribution in [-0.4, -0.2) is 25.1 Å². The molecule has 0 unspecified atom stereocenters. The number of amides is 1. The fourth-order valence-electron chi connectivity index (χ4n) is 3.09. The van der Waals surface area contributed by atoms with Crippen molar-refractivity contribution in [3.63, 3.8) is 0 Å². The van der Waals surface area contributed by atoms with Crippen molar-refractivity contribution >= 4 is 43.8 Å². The molecule has 0 bridgehead atoms. The van der Waals surface area contributed by atoms with Crippen molar-refractivity contribution in [3.05, 3.63) is 58.0 Å². The zero-order chi connectivity index (χ0) is 20.5. The maximum absolute atomic E-state index is 14.1. The van der Waals surface area contributed by atoms with Gasteiger partial charge in [-0.25, -0.2) is 9.37 Å². The van der Waals surface area contributed by atoms with Crippen molar-refractivity contribution in [2.75, 3.05) is 19.5 Å². The third-order valence-electron chi connectivity index (χ3n) is 4.52. The molecule has 0 spiro atoms. The summed E-state index contributed by atoms with van der Waals surface area (Å²) in [5.74, 6) is 0.689. The zero-order valence-corrected chi connectivity index (χ0v) is 17.5. The minimum Gasteiger partial charge on any atom is -0.497 e. The van der Waals surface area contributed by atoms with E-state index in [-0.39, 0.29) is 11.7 Å². The first-order valence-corrected chi connectivity index (χ1v) is 10.4. The Kier molecular flexibility index (Phi) is 5.21. The van der Waals surface area contributed by atoms with Crippen LogP contribution in [-0.2, 0) is 0 Å². The number of rotatable bonds is 5. The number of ether oxygens (including phenoxy) is 2. The van der Waals surface area contributed by atoms with Crippen molar-refractivity contribution in [1.82, 2.24) is 4.98 Å². The maximum atomic E-state index is 14.1. The highest BCUT2D eigenvalue weighted by molar-refractivity contribution is 7.21. The SMILES string of the molecule is COc1ccc(-c2csc(NC(=O)c3sc4cccc(F)c4c3C)n2)c(OC)c1. The number of nitrogens with one attached hydrogen (secondary N) is 1. The summed E-state index contributed by atoms with van der Waals surface area (Å²) < 4.78 is 25.5. The predicted molar refractivity (Wildman–Crippen MR) is 115 cm³/mol. The Morgan fingerprint density at radius 2 is 2.00 bits per heavy atom. The van der Waals surface area contributed by atoms with E-state index in [1.165, 1.54) is 28.7 Å². The summed E-state index contributed by atoms with van der Waals surface area (Å²) in [6.07, 6.45) is 0. The lowest BCUT2D eigenvalue weighted by Crippen LogP contribution is -2.11. The molecule has 0 aliphatic carbocycles. The van der Waals surface area contributed by atoms with Crippen LogP contribution < -0.4 is 14.8 Å². The summed E-state index contributed by atoms with van der Waals surface area (Å²) in [4.78, 5) is 17.8. The highest BCUT2D eigenvalue weighted by Gasteiger charge is 2.19. The quantitative estimate of drug-likeness (QED) is 0.440. The Morgan fingerprint density at radius 1 is 1.17 bits per heavy atom. The average molecular weight is 429 g/mol. The summed E-state index contributed by atoms with van der Waals surface area (Å²) in [6.45, 7) is 1.76. The Bertz CT molecular complexity index is 1220. The van der Waals surface area contributed by atoms with Crippen molar-refractivity contribution in [2.45, 2.75) is 6.92 Å². The van der Waals surface area contributed by atoms with Gasteiger partial charge in [0.25, 0.3) is 5.91 Å². The summed E-state index contributed by atoms with van der Waals surface area (Å²) in [6, 6.07) is 10.3. The number of benzene rings is 2. The molecule has 8 heteroatoms. The van der Waals surface area contributed by atoms with E-state index in [9.17, 15) is 9.18 Å². The molecule has 2 aromatic carbocycles. The molecule has 4 aromatic rings. The van der Waals surface area contributed by atoms with Gasteiger partial charge in [-0.05, 0) is 36.8 Å². The van der Waals surface area contributed by atoms with Gasteiger partial charge < -0.3 is 9.47 Å². The number of anilines is 1. The van der Waals surface area contributed by atoms with Crippen LogP contribution in [0.25, 0.3) is 21.3 Å². The lowest BCUT2D eigenvalue weighted by Gasteiger charge is -2.08. The fraction of sp³-hybridized carbons (Fsp3) is 0.143. The van der Waals surface area contributed by atoms with Gasteiger partial charge in [0.15, 0.2) is 5.13 Å². The minimum atomic E-state index is -0.321. The van der Waals surface area contributed by atoms with Crippen LogP contribution in [0.4, 0.5) is 9.52 Å². The van der Waals surface area contributed by atoms with E-state index in [4.69, 9.17) is 9.47 Å². The molecule has 2 aromatic heterocycles. The molecule has 0 fully saturated rings. The number of carbonyl (C=O) groups excluding carboxylic acids is 1. The minimum absolute atomic E-state index is 0.300. The zero-order valence-electron chi connectivity index (χ0n) is 15.9. The first kappa shape index (κ1) is 19.4. The lowest BCUT2D eigenvalue weighted by molar-refractivity contribution is 0.103. The second kappa shape index (κ2) is 7.81. The van der Waals surface area contributed by atoms with Crippen LogP contribution in [0.15, 0.2) is 41.8 Å². The third-order valence-corrected chi connectivity index (χ3v) is 6.53. The Morgan fingerprint density at radius 3 is 2.72 bits per heavy atom. The molecule has 0 atom stereocenters. The van der Waals surface area contributed by atoms with E-state index >= 15 is 0 Å². The van der Waals surface area contributed by atoms with E-state index in [2.05, 4.69) is 10.3 Å². The van der Waals surface area contributed by atoms with Gasteiger partial charge in [0.05, 0.1) is 24.8 Å². The largest absolute Gasteiger partial charge is 0.497 e. The molecule has 0 saturated heterocycles. The molecular formula is C21H17FN2O3S2. The topological polar surface area (TPSA) is 60.5 Å². The molecular weight excluding hydrogens is 411 g/mol. The number of carbonyl (C=O) groups is 1. The van der Waals surface area contributed by atoms with E-state index in [0.717, 1.165) is 10.3 Å².